The first-order chi connectivity index (χ1) is 9.31. The molecule has 0 rings (SSSR count). The molecule has 2 heteroatoms. The Morgan fingerprint density at radius 3 is 2.20 bits per heavy atom. The molecule has 0 amide bonds. The van der Waals surface area contributed by atoms with Crippen LogP contribution in [0.1, 0.15) is 73.1 Å². The molecule has 0 radical (unpaired) electrons. The fourth-order valence-corrected chi connectivity index (χ4v) is 2.13. The normalized spacial score (nSPS) is 14.8. The highest BCUT2D eigenvalue weighted by Gasteiger charge is 2.05. The van der Waals surface area contributed by atoms with Crippen LogP contribution >= 0.6 is 0 Å². The highest BCUT2D eigenvalue weighted by Crippen LogP contribution is 2.12. The summed E-state index contributed by atoms with van der Waals surface area (Å²) in [6, 6.07) is 0. The van der Waals surface area contributed by atoms with Gasteiger partial charge in [-0.25, -0.2) is 0 Å². The standard InChI is InChI=1S/C18H32O2/c1-14(2)12-18(20)13-16(4)10-6-8-15(3)9-7-11-17(5)19/h9-10,14,17,19H,6-8,11-13H2,1-5H3/b15-9+,16-10+/t17-/m0/s1. The van der Waals surface area contributed by atoms with Gasteiger partial charge in [0.15, 0.2) is 0 Å². The number of ketones is 1. The van der Waals surface area contributed by atoms with Crippen molar-refractivity contribution in [2.75, 3.05) is 0 Å². The van der Waals surface area contributed by atoms with Crippen LogP contribution in [0.15, 0.2) is 23.3 Å². The number of aliphatic hydroxyl groups is 1. The maximum absolute atomic E-state index is 11.7. The third-order valence-corrected chi connectivity index (χ3v) is 3.22. The van der Waals surface area contributed by atoms with Crippen molar-refractivity contribution < 1.29 is 9.90 Å². The summed E-state index contributed by atoms with van der Waals surface area (Å²) in [5.41, 5.74) is 2.55. The zero-order valence-electron chi connectivity index (χ0n) is 13.9. The van der Waals surface area contributed by atoms with E-state index in [4.69, 9.17) is 0 Å². The summed E-state index contributed by atoms with van der Waals surface area (Å²) in [6.07, 6.45) is 9.27. The monoisotopic (exact) mass is 280 g/mol. The molecule has 0 saturated carbocycles. The van der Waals surface area contributed by atoms with Crippen molar-refractivity contribution in [1.29, 1.82) is 0 Å². The second-order valence-electron chi connectivity index (χ2n) is 6.38. The summed E-state index contributed by atoms with van der Waals surface area (Å²) in [5, 5.41) is 9.19. The Morgan fingerprint density at radius 1 is 1.05 bits per heavy atom. The number of rotatable bonds is 10. The Kier molecular flexibility index (Phi) is 10.4. The Hall–Kier alpha value is -0.890. The van der Waals surface area contributed by atoms with Gasteiger partial charge < -0.3 is 5.11 Å². The molecular formula is C18H32O2. The van der Waals surface area contributed by atoms with E-state index in [1.165, 1.54) is 11.1 Å². The van der Waals surface area contributed by atoms with Crippen molar-refractivity contribution in [3.8, 4) is 0 Å². The first kappa shape index (κ1) is 19.1. The van der Waals surface area contributed by atoms with E-state index in [1.54, 1.807) is 0 Å². The van der Waals surface area contributed by atoms with Crippen molar-refractivity contribution in [2.24, 2.45) is 5.92 Å². The van der Waals surface area contributed by atoms with Crippen LogP contribution in [-0.2, 0) is 4.79 Å². The molecule has 0 unspecified atom stereocenters. The summed E-state index contributed by atoms with van der Waals surface area (Å²) in [7, 11) is 0. The van der Waals surface area contributed by atoms with Gasteiger partial charge >= 0.3 is 0 Å². The third-order valence-electron chi connectivity index (χ3n) is 3.22. The summed E-state index contributed by atoms with van der Waals surface area (Å²) in [5.74, 6) is 0.798. The smallest absolute Gasteiger partial charge is 0.137 e. The van der Waals surface area contributed by atoms with Crippen LogP contribution in [0.3, 0.4) is 0 Å². The quantitative estimate of drug-likeness (QED) is 0.582. The van der Waals surface area contributed by atoms with Crippen molar-refractivity contribution >= 4 is 5.78 Å². The molecule has 0 fully saturated rings. The number of hydrogen-bond donors (Lipinski definition) is 1. The van der Waals surface area contributed by atoms with Crippen LogP contribution in [0.2, 0.25) is 0 Å². The maximum atomic E-state index is 11.7. The van der Waals surface area contributed by atoms with E-state index < -0.39 is 0 Å². The Morgan fingerprint density at radius 2 is 1.65 bits per heavy atom. The van der Waals surface area contributed by atoms with Gasteiger partial charge in [-0.2, -0.15) is 0 Å². The van der Waals surface area contributed by atoms with E-state index in [0.29, 0.717) is 24.5 Å². The molecule has 0 saturated heterocycles. The molecule has 0 spiro atoms. The highest BCUT2D eigenvalue weighted by molar-refractivity contribution is 5.80. The van der Waals surface area contributed by atoms with Gasteiger partial charge in [-0.1, -0.05) is 37.1 Å². The zero-order valence-corrected chi connectivity index (χ0v) is 13.9. The van der Waals surface area contributed by atoms with Crippen LogP contribution in [0, 0.1) is 5.92 Å². The molecule has 1 N–H and O–H groups in total. The van der Waals surface area contributed by atoms with E-state index in [9.17, 15) is 9.90 Å². The van der Waals surface area contributed by atoms with Gasteiger partial charge in [0, 0.05) is 12.8 Å². The largest absolute Gasteiger partial charge is 0.393 e. The molecule has 0 aliphatic heterocycles. The molecule has 0 aliphatic rings. The predicted octanol–water partition coefficient (Wildman–Crippen LogP) is 4.83. The van der Waals surface area contributed by atoms with Gasteiger partial charge in [0.25, 0.3) is 0 Å². The van der Waals surface area contributed by atoms with Gasteiger partial charge in [-0.05, 0) is 52.4 Å². The molecule has 0 aromatic carbocycles. The van der Waals surface area contributed by atoms with Gasteiger partial charge in [0.2, 0.25) is 0 Å². The van der Waals surface area contributed by atoms with Crippen LogP contribution in [0.4, 0.5) is 0 Å². The number of carbonyl (C=O) groups excluding carboxylic acids is 1. The average Bonchev–Trinajstić information content (AvgIpc) is 2.26. The zero-order chi connectivity index (χ0) is 15.5. The predicted molar refractivity (Wildman–Crippen MR) is 86.7 cm³/mol. The lowest BCUT2D eigenvalue weighted by Crippen LogP contribution is -2.02. The van der Waals surface area contributed by atoms with Crippen molar-refractivity contribution in [3.05, 3.63) is 23.3 Å². The number of carbonyl (C=O) groups is 1. The van der Waals surface area contributed by atoms with Crippen LogP contribution < -0.4 is 0 Å². The Labute approximate surface area is 125 Å². The molecule has 20 heavy (non-hydrogen) atoms. The molecule has 0 aromatic heterocycles. The van der Waals surface area contributed by atoms with Crippen LogP contribution in [-0.4, -0.2) is 17.0 Å². The van der Waals surface area contributed by atoms with E-state index in [2.05, 4.69) is 32.9 Å². The van der Waals surface area contributed by atoms with Crippen molar-refractivity contribution in [2.45, 2.75) is 79.2 Å². The van der Waals surface area contributed by atoms with E-state index in [0.717, 1.165) is 25.7 Å². The molecule has 0 bridgehead atoms. The van der Waals surface area contributed by atoms with Crippen LogP contribution in [0.5, 0.6) is 0 Å². The van der Waals surface area contributed by atoms with Crippen LogP contribution in [0.25, 0.3) is 0 Å². The highest BCUT2D eigenvalue weighted by atomic mass is 16.3. The molecule has 0 aliphatic carbocycles. The number of Topliss-reactive ketones (excluding diaryl/α,β-unsaturated/α-hetero) is 1. The number of hydrogen-bond acceptors (Lipinski definition) is 2. The number of allylic oxidation sites excluding steroid dienone is 4. The summed E-state index contributed by atoms with van der Waals surface area (Å²) >= 11 is 0. The minimum atomic E-state index is -0.215. The molecule has 0 aromatic rings. The summed E-state index contributed by atoms with van der Waals surface area (Å²) in [4.78, 5) is 11.7. The fourth-order valence-electron chi connectivity index (χ4n) is 2.13. The van der Waals surface area contributed by atoms with Gasteiger partial charge in [0.1, 0.15) is 5.78 Å². The topological polar surface area (TPSA) is 37.3 Å². The van der Waals surface area contributed by atoms with E-state index in [-0.39, 0.29) is 6.10 Å². The molecule has 0 heterocycles. The lowest BCUT2D eigenvalue weighted by Gasteiger charge is -2.05. The minimum absolute atomic E-state index is 0.215. The average molecular weight is 280 g/mol. The molecule has 1 atom stereocenters. The molecular weight excluding hydrogens is 248 g/mol. The lowest BCUT2D eigenvalue weighted by molar-refractivity contribution is -0.119. The molecule has 116 valence electrons. The fraction of sp³-hybridized carbons (Fsp3) is 0.722. The SMILES string of the molecule is C/C(=C\CC[C@H](C)O)CC/C=C(\C)CC(=O)CC(C)C. The first-order valence-corrected chi connectivity index (χ1v) is 7.82. The second-order valence-corrected chi connectivity index (χ2v) is 6.38. The lowest BCUT2D eigenvalue weighted by atomic mass is 10.0. The maximum Gasteiger partial charge on any atom is 0.137 e. The minimum Gasteiger partial charge on any atom is -0.393 e. The van der Waals surface area contributed by atoms with Crippen molar-refractivity contribution in [1.82, 2.24) is 0 Å². The summed E-state index contributed by atoms with van der Waals surface area (Å²) < 4.78 is 0. The van der Waals surface area contributed by atoms with Gasteiger partial charge in [-0.3, -0.25) is 4.79 Å². The van der Waals surface area contributed by atoms with Gasteiger partial charge in [-0.15, -0.1) is 0 Å². The molecule has 2 nitrogen and oxygen atoms in total. The van der Waals surface area contributed by atoms with Crippen molar-refractivity contribution in [3.63, 3.8) is 0 Å². The van der Waals surface area contributed by atoms with E-state index >= 15 is 0 Å². The third kappa shape index (κ3) is 12.2. The Bertz CT molecular complexity index is 335. The summed E-state index contributed by atoms with van der Waals surface area (Å²) in [6.45, 7) is 10.2. The second kappa shape index (κ2) is 10.8. The van der Waals surface area contributed by atoms with E-state index in [1.807, 2.05) is 13.8 Å². The first-order valence-electron chi connectivity index (χ1n) is 7.82. The Balaban J connectivity index is 3.95. The number of aliphatic hydroxyl groups excluding tert-OH is 1. The van der Waals surface area contributed by atoms with Gasteiger partial charge in [0.05, 0.1) is 6.10 Å².